The highest BCUT2D eigenvalue weighted by molar-refractivity contribution is 5.93. The fraction of sp³-hybridized carbons (Fsp3) is 0.632. The summed E-state index contributed by atoms with van der Waals surface area (Å²) in [4.78, 5) is 14.2. The number of benzene rings is 1. The maximum atomic E-state index is 14.5. The minimum absolute atomic E-state index is 0.179. The molecular weight excluding hydrogens is 321 g/mol. The van der Waals surface area contributed by atoms with E-state index in [1.807, 2.05) is 0 Å². The summed E-state index contributed by atoms with van der Waals surface area (Å²) in [6, 6.07) is 3.31. The number of fused-ring (bicyclic) bond motifs is 3. The minimum Gasteiger partial charge on any atom is -0.316 e. The van der Waals surface area contributed by atoms with E-state index >= 15 is 0 Å². The smallest absolute Gasteiger partial charge is 0.274 e. The number of carbonyl (C=O) groups excluding carboxylic acids is 1. The third-order valence-electron chi connectivity index (χ3n) is 6.53. The van der Waals surface area contributed by atoms with Crippen LogP contribution < -0.4 is 10.8 Å². The molecule has 5 nitrogen and oxygen atoms in total. The van der Waals surface area contributed by atoms with Gasteiger partial charge in [0.1, 0.15) is 5.82 Å². The topological polar surface area (TPSA) is 64.6 Å². The number of nitrogens with zero attached hydrogens (tertiary/aromatic N) is 1. The van der Waals surface area contributed by atoms with Gasteiger partial charge in [0.25, 0.3) is 5.91 Å². The summed E-state index contributed by atoms with van der Waals surface area (Å²) in [6.07, 6.45) is 3.03. The summed E-state index contributed by atoms with van der Waals surface area (Å²) in [6.45, 7) is 6.15. The average Bonchev–Trinajstić information content (AvgIpc) is 2.65. The third kappa shape index (κ3) is 2.96. The van der Waals surface area contributed by atoms with E-state index < -0.39 is 5.91 Å². The van der Waals surface area contributed by atoms with E-state index in [0.29, 0.717) is 19.0 Å². The summed E-state index contributed by atoms with van der Waals surface area (Å²) in [5.41, 5.74) is 3.39. The molecule has 2 bridgehead atoms. The van der Waals surface area contributed by atoms with Crippen LogP contribution >= 0.6 is 0 Å². The molecule has 136 valence electrons. The first kappa shape index (κ1) is 16.9. The van der Waals surface area contributed by atoms with Crippen LogP contribution in [0.4, 0.5) is 4.39 Å². The van der Waals surface area contributed by atoms with Crippen LogP contribution in [0.2, 0.25) is 0 Å². The van der Waals surface area contributed by atoms with E-state index in [1.165, 1.54) is 12.5 Å². The van der Waals surface area contributed by atoms with Crippen LogP contribution in [-0.2, 0) is 13.0 Å². The average molecular weight is 347 g/mol. The van der Waals surface area contributed by atoms with Crippen molar-refractivity contribution in [2.45, 2.75) is 38.8 Å². The second kappa shape index (κ2) is 6.67. The van der Waals surface area contributed by atoms with E-state index in [1.54, 1.807) is 11.5 Å². The lowest BCUT2D eigenvalue weighted by Gasteiger charge is -2.52. The van der Waals surface area contributed by atoms with Crippen molar-refractivity contribution >= 4 is 5.91 Å². The molecule has 25 heavy (non-hydrogen) atoms. The Morgan fingerprint density at radius 3 is 2.80 bits per heavy atom. The van der Waals surface area contributed by atoms with Gasteiger partial charge < -0.3 is 5.32 Å². The normalized spacial score (nSPS) is 31.2. The van der Waals surface area contributed by atoms with Crippen LogP contribution in [0.3, 0.4) is 0 Å². The van der Waals surface area contributed by atoms with Gasteiger partial charge in [0.15, 0.2) is 0 Å². The Bertz CT molecular complexity index is 667. The quantitative estimate of drug-likeness (QED) is 0.575. The number of piperidine rings is 2. The van der Waals surface area contributed by atoms with Crippen molar-refractivity contribution in [3.8, 4) is 0 Å². The third-order valence-corrected chi connectivity index (χ3v) is 6.53. The van der Waals surface area contributed by atoms with Crippen LogP contribution in [0.5, 0.6) is 0 Å². The summed E-state index contributed by atoms with van der Waals surface area (Å²) in [5.74, 6) is 1.30. The van der Waals surface area contributed by atoms with Crippen LogP contribution in [0.1, 0.15) is 41.3 Å². The molecule has 4 rings (SSSR count). The maximum Gasteiger partial charge on any atom is 0.274 e. The molecule has 2 aliphatic heterocycles. The predicted molar refractivity (Wildman–Crippen MR) is 91.8 cm³/mol. The van der Waals surface area contributed by atoms with Crippen molar-refractivity contribution < 1.29 is 14.4 Å². The van der Waals surface area contributed by atoms with Crippen molar-refractivity contribution in [3.05, 3.63) is 34.6 Å². The van der Waals surface area contributed by atoms with Gasteiger partial charge in [-0.3, -0.25) is 14.9 Å². The molecule has 0 spiro atoms. The van der Waals surface area contributed by atoms with Crippen molar-refractivity contribution in [2.24, 2.45) is 17.8 Å². The van der Waals surface area contributed by atoms with Gasteiger partial charge in [-0.1, -0.05) is 6.92 Å². The minimum atomic E-state index is -0.662. The van der Waals surface area contributed by atoms with Crippen LogP contribution in [0.15, 0.2) is 12.1 Å². The molecule has 1 saturated carbocycles. The maximum absolute atomic E-state index is 14.5. The molecule has 2 unspecified atom stereocenters. The number of nitrogens with one attached hydrogen (secondary N) is 2. The predicted octanol–water partition coefficient (Wildman–Crippen LogP) is 1.94. The van der Waals surface area contributed by atoms with Gasteiger partial charge in [-0.15, -0.1) is 0 Å². The highest BCUT2D eigenvalue weighted by Crippen LogP contribution is 2.44. The van der Waals surface area contributed by atoms with Gasteiger partial charge in [-0.2, -0.15) is 0 Å². The van der Waals surface area contributed by atoms with Crippen LogP contribution in [0, 0.1) is 23.6 Å². The van der Waals surface area contributed by atoms with Gasteiger partial charge in [0.05, 0.1) is 0 Å². The first-order valence-corrected chi connectivity index (χ1v) is 9.31. The van der Waals surface area contributed by atoms with Crippen molar-refractivity contribution in [2.75, 3.05) is 19.6 Å². The molecular formula is C19H26FN3O2. The van der Waals surface area contributed by atoms with Crippen molar-refractivity contribution in [1.82, 2.24) is 15.7 Å². The lowest BCUT2D eigenvalue weighted by molar-refractivity contribution is -0.0117. The van der Waals surface area contributed by atoms with Gasteiger partial charge in [-0.25, -0.2) is 9.87 Å². The van der Waals surface area contributed by atoms with Crippen molar-refractivity contribution in [3.63, 3.8) is 0 Å². The summed E-state index contributed by atoms with van der Waals surface area (Å²) in [7, 11) is 0. The standard InChI is InChI=1S/C19H26FN3O2/c1-2-15-6-16-14(3-11(5-18(16)20)19(24)22-25)9-23(15)10-17-12-4-13(17)8-21-7-12/h3,5,12-13,15,17,21,25H,2,4,6-10H2,1H3,(H,22,24)/t12?,13?,15-,17?/m0/s1. The van der Waals surface area contributed by atoms with Gasteiger partial charge in [0, 0.05) is 24.7 Å². The van der Waals surface area contributed by atoms with E-state index in [4.69, 9.17) is 5.21 Å². The molecule has 1 aromatic rings. The molecule has 1 amide bonds. The monoisotopic (exact) mass is 347 g/mol. The number of rotatable bonds is 4. The Kier molecular flexibility index (Phi) is 4.52. The molecule has 3 atom stereocenters. The Morgan fingerprint density at radius 1 is 1.40 bits per heavy atom. The van der Waals surface area contributed by atoms with E-state index in [9.17, 15) is 9.18 Å². The SMILES string of the molecule is CC[C@H]1Cc2c(F)cc(C(=O)NO)cc2CN1CC1C2CNCC1C2. The largest absolute Gasteiger partial charge is 0.316 e. The van der Waals surface area contributed by atoms with E-state index in [2.05, 4.69) is 17.1 Å². The molecule has 1 saturated heterocycles. The zero-order chi connectivity index (χ0) is 17.6. The Morgan fingerprint density at radius 2 is 2.16 bits per heavy atom. The number of hydrogen-bond donors (Lipinski definition) is 3. The second-order valence-corrected chi connectivity index (χ2v) is 7.81. The molecule has 1 aromatic carbocycles. The van der Waals surface area contributed by atoms with Crippen LogP contribution in [0.25, 0.3) is 0 Å². The Hall–Kier alpha value is -1.50. The van der Waals surface area contributed by atoms with Crippen molar-refractivity contribution in [1.29, 1.82) is 0 Å². The zero-order valence-electron chi connectivity index (χ0n) is 14.6. The second-order valence-electron chi connectivity index (χ2n) is 7.81. The molecule has 3 aliphatic rings. The summed E-state index contributed by atoms with van der Waals surface area (Å²) in [5, 5.41) is 12.3. The highest BCUT2D eigenvalue weighted by atomic mass is 19.1. The molecule has 1 aliphatic carbocycles. The number of hydroxylamine groups is 1. The number of amides is 1. The Labute approximate surface area is 147 Å². The number of halogens is 1. The number of hydrogen-bond acceptors (Lipinski definition) is 4. The molecule has 2 heterocycles. The van der Waals surface area contributed by atoms with Gasteiger partial charge in [0.2, 0.25) is 0 Å². The molecule has 0 aromatic heterocycles. The molecule has 2 fully saturated rings. The fourth-order valence-corrected chi connectivity index (χ4v) is 5.01. The highest BCUT2D eigenvalue weighted by Gasteiger charge is 2.45. The zero-order valence-corrected chi connectivity index (χ0v) is 14.6. The van der Waals surface area contributed by atoms with Gasteiger partial charge in [-0.05, 0) is 73.4 Å². The summed E-state index contributed by atoms with van der Waals surface area (Å²) >= 11 is 0. The Balaban J connectivity index is 1.57. The first-order valence-electron chi connectivity index (χ1n) is 9.31. The van der Waals surface area contributed by atoms with E-state index in [-0.39, 0.29) is 11.4 Å². The lowest BCUT2D eigenvalue weighted by Crippen LogP contribution is -2.58. The van der Waals surface area contributed by atoms with E-state index in [0.717, 1.165) is 54.9 Å². The fourth-order valence-electron chi connectivity index (χ4n) is 5.01. The summed E-state index contributed by atoms with van der Waals surface area (Å²) < 4.78 is 14.5. The molecule has 6 heteroatoms. The van der Waals surface area contributed by atoms with Gasteiger partial charge >= 0.3 is 0 Å². The molecule has 0 radical (unpaired) electrons. The van der Waals surface area contributed by atoms with Crippen LogP contribution in [-0.4, -0.2) is 41.7 Å². The molecule has 3 N–H and O–H groups in total. The lowest BCUT2D eigenvalue weighted by atomic mass is 9.62. The first-order chi connectivity index (χ1) is 12.1. The number of carbonyl (C=O) groups is 1.